The summed E-state index contributed by atoms with van der Waals surface area (Å²) in [5, 5.41) is 0.684. The normalized spacial score (nSPS) is 11.4. The largest absolute Gasteiger partial charge is 0.303 e. The monoisotopic (exact) mass is 388 g/mol. The molecule has 0 amide bonds. The molecule has 0 aliphatic rings. The molecule has 0 spiro atoms. The van der Waals surface area contributed by atoms with E-state index in [1.54, 1.807) is 12.1 Å². The van der Waals surface area contributed by atoms with Crippen molar-refractivity contribution in [1.29, 1.82) is 0 Å². The molecule has 5 rings (SSSR count). The fourth-order valence-electron chi connectivity index (χ4n) is 3.24. The van der Waals surface area contributed by atoms with E-state index >= 15 is 0 Å². The van der Waals surface area contributed by atoms with Crippen LogP contribution in [-0.4, -0.2) is 19.5 Å². The lowest BCUT2D eigenvalue weighted by molar-refractivity contribution is 0.628. The molecular formula is C22H14ClFN4. The lowest BCUT2D eigenvalue weighted by atomic mass is 10.2. The van der Waals surface area contributed by atoms with Crippen molar-refractivity contribution in [2.45, 2.75) is 6.54 Å². The molecular weight excluding hydrogens is 375 g/mol. The van der Waals surface area contributed by atoms with Crippen LogP contribution in [0.15, 0.2) is 72.8 Å². The number of benzene rings is 3. The minimum absolute atomic E-state index is 0.286. The number of halogens is 2. The molecule has 0 aliphatic heterocycles. The highest BCUT2D eigenvalue weighted by Crippen LogP contribution is 2.26. The van der Waals surface area contributed by atoms with E-state index < -0.39 is 0 Å². The van der Waals surface area contributed by atoms with E-state index in [1.165, 1.54) is 12.1 Å². The van der Waals surface area contributed by atoms with Crippen LogP contribution in [0.1, 0.15) is 5.56 Å². The van der Waals surface area contributed by atoms with Gasteiger partial charge in [-0.3, -0.25) is 0 Å². The van der Waals surface area contributed by atoms with Crippen LogP contribution in [0.4, 0.5) is 4.39 Å². The highest BCUT2D eigenvalue weighted by molar-refractivity contribution is 6.30. The van der Waals surface area contributed by atoms with E-state index in [2.05, 4.69) is 4.98 Å². The molecule has 0 radical (unpaired) electrons. The third-order valence-corrected chi connectivity index (χ3v) is 4.87. The number of hydrogen-bond donors (Lipinski definition) is 0. The van der Waals surface area contributed by atoms with Gasteiger partial charge in [0.1, 0.15) is 11.6 Å². The first kappa shape index (κ1) is 16.8. The third kappa shape index (κ3) is 3.00. The molecule has 0 saturated carbocycles. The van der Waals surface area contributed by atoms with Crippen molar-refractivity contribution in [1.82, 2.24) is 19.5 Å². The fraction of sp³-hybridized carbons (Fsp3) is 0.0455. The first-order chi connectivity index (χ1) is 13.7. The minimum Gasteiger partial charge on any atom is -0.303 e. The second-order valence-corrected chi connectivity index (χ2v) is 6.95. The number of para-hydroxylation sites is 2. The van der Waals surface area contributed by atoms with Crippen LogP contribution in [-0.2, 0) is 6.54 Å². The Hall–Kier alpha value is -3.31. The van der Waals surface area contributed by atoms with Gasteiger partial charge in [0.2, 0.25) is 0 Å². The van der Waals surface area contributed by atoms with Crippen LogP contribution < -0.4 is 0 Å². The Balaban J connectivity index is 1.74. The molecule has 3 aromatic carbocycles. The maximum Gasteiger partial charge on any atom is 0.198 e. The Labute approximate surface area is 165 Å². The lowest BCUT2D eigenvalue weighted by Gasteiger charge is -2.09. The summed E-state index contributed by atoms with van der Waals surface area (Å²) in [7, 11) is 0. The van der Waals surface area contributed by atoms with Gasteiger partial charge in [0.05, 0.1) is 17.6 Å². The summed E-state index contributed by atoms with van der Waals surface area (Å²) in [4.78, 5) is 14.2. The molecule has 0 unspecified atom stereocenters. The predicted molar refractivity (Wildman–Crippen MR) is 109 cm³/mol. The molecule has 6 heteroatoms. The molecule has 28 heavy (non-hydrogen) atoms. The molecule has 0 N–H and O–H groups in total. The van der Waals surface area contributed by atoms with Crippen molar-refractivity contribution in [3.05, 3.63) is 89.2 Å². The van der Waals surface area contributed by atoms with Crippen molar-refractivity contribution >= 4 is 33.9 Å². The number of imidazole rings is 1. The number of hydrogen-bond acceptors (Lipinski definition) is 3. The zero-order valence-electron chi connectivity index (χ0n) is 14.7. The summed E-state index contributed by atoms with van der Waals surface area (Å²) in [6, 6.07) is 21.6. The summed E-state index contributed by atoms with van der Waals surface area (Å²) < 4.78 is 15.4. The molecule has 2 aromatic heterocycles. The van der Waals surface area contributed by atoms with E-state index in [1.807, 2.05) is 53.1 Å². The fourth-order valence-corrected chi connectivity index (χ4v) is 3.37. The summed E-state index contributed by atoms with van der Waals surface area (Å²) >= 11 is 6.02. The average Bonchev–Trinajstić information content (AvgIpc) is 3.06. The van der Waals surface area contributed by atoms with E-state index in [4.69, 9.17) is 21.6 Å². The van der Waals surface area contributed by atoms with Crippen LogP contribution in [0.3, 0.4) is 0 Å². The second kappa shape index (κ2) is 6.69. The van der Waals surface area contributed by atoms with Gasteiger partial charge in [0, 0.05) is 10.6 Å². The van der Waals surface area contributed by atoms with Gasteiger partial charge >= 0.3 is 0 Å². The topological polar surface area (TPSA) is 43.6 Å². The Morgan fingerprint density at radius 1 is 0.786 bits per heavy atom. The molecule has 0 fully saturated rings. The average molecular weight is 389 g/mol. The third-order valence-electron chi connectivity index (χ3n) is 4.61. The maximum atomic E-state index is 13.4. The van der Waals surface area contributed by atoms with Gasteiger partial charge in [-0.2, -0.15) is 0 Å². The Morgan fingerprint density at radius 3 is 2.18 bits per heavy atom. The van der Waals surface area contributed by atoms with E-state index in [-0.39, 0.29) is 5.82 Å². The number of nitrogens with zero attached hydrogens (tertiary/aromatic N) is 4. The quantitative estimate of drug-likeness (QED) is 0.410. The zero-order valence-corrected chi connectivity index (χ0v) is 15.4. The SMILES string of the molecule is Fc1ccc(-c2nc3nc4ccccc4nc3n2Cc2ccc(Cl)cc2)cc1. The van der Waals surface area contributed by atoms with Gasteiger partial charge in [0.25, 0.3) is 0 Å². The van der Waals surface area contributed by atoms with Gasteiger partial charge in [-0.1, -0.05) is 35.9 Å². The molecule has 0 aliphatic carbocycles. The lowest BCUT2D eigenvalue weighted by Crippen LogP contribution is -2.03. The van der Waals surface area contributed by atoms with Crippen molar-refractivity contribution in [3.8, 4) is 11.4 Å². The molecule has 5 aromatic rings. The van der Waals surface area contributed by atoms with Gasteiger partial charge in [0.15, 0.2) is 11.3 Å². The Morgan fingerprint density at radius 2 is 1.46 bits per heavy atom. The van der Waals surface area contributed by atoms with Crippen molar-refractivity contribution < 1.29 is 4.39 Å². The van der Waals surface area contributed by atoms with Crippen LogP contribution in [0.5, 0.6) is 0 Å². The molecule has 0 bridgehead atoms. The smallest absolute Gasteiger partial charge is 0.198 e. The first-order valence-electron chi connectivity index (χ1n) is 8.81. The van der Waals surface area contributed by atoms with Gasteiger partial charge in [-0.05, 0) is 54.1 Å². The van der Waals surface area contributed by atoms with E-state index in [0.29, 0.717) is 28.7 Å². The summed E-state index contributed by atoms with van der Waals surface area (Å²) in [6.45, 7) is 0.549. The van der Waals surface area contributed by atoms with Gasteiger partial charge in [-0.25, -0.2) is 19.3 Å². The van der Waals surface area contributed by atoms with Crippen molar-refractivity contribution in [3.63, 3.8) is 0 Å². The molecule has 2 heterocycles. The number of rotatable bonds is 3. The van der Waals surface area contributed by atoms with Crippen LogP contribution in [0.2, 0.25) is 5.02 Å². The Bertz CT molecular complexity index is 1290. The van der Waals surface area contributed by atoms with E-state index in [0.717, 1.165) is 22.2 Å². The van der Waals surface area contributed by atoms with Gasteiger partial charge in [-0.15, -0.1) is 0 Å². The standard InChI is InChI=1S/C22H14ClFN4/c23-16-9-5-14(6-10-16)13-28-21(15-7-11-17(24)12-8-15)27-20-22(28)26-19-4-2-1-3-18(19)25-20/h1-12H,13H2. The van der Waals surface area contributed by atoms with Crippen LogP contribution >= 0.6 is 11.6 Å². The predicted octanol–water partition coefficient (Wildman–Crippen LogP) is 5.49. The molecule has 136 valence electrons. The first-order valence-corrected chi connectivity index (χ1v) is 9.18. The van der Waals surface area contributed by atoms with Crippen molar-refractivity contribution in [2.75, 3.05) is 0 Å². The van der Waals surface area contributed by atoms with Crippen molar-refractivity contribution in [2.24, 2.45) is 0 Å². The highest BCUT2D eigenvalue weighted by atomic mass is 35.5. The molecule has 0 atom stereocenters. The van der Waals surface area contributed by atoms with E-state index in [9.17, 15) is 4.39 Å². The van der Waals surface area contributed by atoms with Gasteiger partial charge < -0.3 is 4.57 Å². The second-order valence-electron chi connectivity index (χ2n) is 6.51. The Kier molecular flexibility index (Phi) is 4.02. The van der Waals surface area contributed by atoms with Crippen LogP contribution in [0, 0.1) is 5.82 Å². The summed E-state index contributed by atoms with van der Waals surface area (Å²) in [6.07, 6.45) is 0. The summed E-state index contributed by atoms with van der Waals surface area (Å²) in [5.41, 5.74) is 4.70. The maximum absolute atomic E-state index is 13.4. The zero-order chi connectivity index (χ0) is 19.1. The number of aromatic nitrogens is 4. The van der Waals surface area contributed by atoms with Crippen LogP contribution in [0.25, 0.3) is 33.7 Å². The minimum atomic E-state index is -0.286. The highest BCUT2D eigenvalue weighted by Gasteiger charge is 2.16. The molecule has 4 nitrogen and oxygen atoms in total. The summed E-state index contributed by atoms with van der Waals surface area (Å²) in [5.74, 6) is 0.409. The molecule has 0 saturated heterocycles. The number of fused-ring (bicyclic) bond motifs is 2.